The molecule has 19 heavy (non-hydrogen) atoms. The molecule has 0 saturated carbocycles. The first-order valence-electron chi connectivity index (χ1n) is 6.73. The van der Waals surface area contributed by atoms with Crippen LogP contribution < -0.4 is 11.1 Å². The molecule has 0 bridgehead atoms. The second-order valence-electron chi connectivity index (χ2n) is 4.88. The summed E-state index contributed by atoms with van der Waals surface area (Å²) in [4.78, 5) is 13.6. The van der Waals surface area contributed by atoms with E-state index in [0.29, 0.717) is 17.4 Å². The van der Waals surface area contributed by atoms with E-state index in [2.05, 4.69) is 17.1 Å². The molecule has 104 valence electrons. The van der Waals surface area contributed by atoms with Gasteiger partial charge in [0.2, 0.25) is 0 Å². The van der Waals surface area contributed by atoms with E-state index in [9.17, 15) is 9.90 Å². The number of aromatic carboxylic acids is 1. The minimum absolute atomic E-state index is 0.237. The molecular weight excluding hydrogens is 242 g/mol. The number of rotatable bonds is 5. The molecule has 0 aliphatic carbocycles. The fourth-order valence-electron chi connectivity index (χ4n) is 2.71. The number of hydrogen-bond acceptors (Lipinski definition) is 4. The number of anilines is 2. The van der Waals surface area contributed by atoms with Gasteiger partial charge in [-0.25, -0.2) is 4.79 Å². The lowest BCUT2D eigenvalue weighted by Gasteiger charge is -2.24. The summed E-state index contributed by atoms with van der Waals surface area (Å²) in [6, 6.07) is 5.43. The van der Waals surface area contributed by atoms with Gasteiger partial charge in [-0.3, -0.25) is 4.90 Å². The van der Waals surface area contributed by atoms with Crippen LogP contribution in [0.5, 0.6) is 0 Å². The number of carbonyl (C=O) groups is 1. The highest BCUT2D eigenvalue weighted by molar-refractivity contribution is 5.97. The van der Waals surface area contributed by atoms with E-state index in [1.54, 1.807) is 18.2 Å². The summed E-state index contributed by atoms with van der Waals surface area (Å²) in [6.07, 6.45) is 2.35. The van der Waals surface area contributed by atoms with Gasteiger partial charge in [-0.05, 0) is 38.1 Å². The number of nitrogen functional groups attached to an aromatic ring is 1. The van der Waals surface area contributed by atoms with Crippen molar-refractivity contribution in [2.45, 2.75) is 25.8 Å². The van der Waals surface area contributed by atoms with E-state index in [4.69, 9.17) is 5.73 Å². The quantitative estimate of drug-likeness (QED) is 0.707. The maximum Gasteiger partial charge on any atom is 0.337 e. The number of nitrogens with two attached hydrogens (primary N) is 1. The van der Waals surface area contributed by atoms with Gasteiger partial charge in [0.1, 0.15) is 0 Å². The summed E-state index contributed by atoms with van der Waals surface area (Å²) in [5, 5.41) is 12.4. The van der Waals surface area contributed by atoms with Gasteiger partial charge in [-0.15, -0.1) is 0 Å². The second-order valence-corrected chi connectivity index (χ2v) is 4.88. The van der Waals surface area contributed by atoms with Crippen molar-refractivity contribution in [3.63, 3.8) is 0 Å². The van der Waals surface area contributed by atoms with Crippen LogP contribution >= 0.6 is 0 Å². The molecule has 5 nitrogen and oxygen atoms in total. The lowest BCUT2D eigenvalue weighted by molar-refractivity contribution is 0.0698. The molecule has 1 aromatic rings. The van der Waals surface area contributed by atoms with Crippen molar-refractivity contribution >= 4 is 17.3 Å². The Morgan fingerprint density at radius 3 is 3.05 bits per heavy atom. The topological polar surface area (TPSA) is 78.6 Å². The fourth-order valence-corrected chi connectivity index (χ4v) is 2.71. The molecule has 1 aliphatic heterocycles. The molecule has 4 N–H and O–H groups in total. The van der Waals surface area contributed by atoms with Crippen LogP contribution in [0.4, 0.5) is 11.4 Å². The van der Waals surface area contributed by atoms with Crippen LogP contribution in [-0.2, 0) is 0 Å². The highest BCUT2D eigenvalue weighted by atomic mass is 16.4. The summed E-state index contributed by atoms with van der Waals surface area (Å²) in [7, 11) is 0. The minimum atomic E-state index is -0.950. The third-order valence-electron chi connectivity index (χ3n) is 3.75. The molecule has 1 atom stereocenters. The Balaban J connectivity index is 2.09. The largest absolute Gasteiger partial charge is 0.478 e. The fraction of sp³-hybridized carbons (Fsp3) is 0.500. The predicted octanol–water partition coefficient (Wildman–Crippen LogP) is 1.86. The number of para-hydroxylation sites is 1. The van der Waals surface area contributed by atoms with Crippen molar-refractivity contribution in [3.05, 3.63) is 23.8 Å². The zero-order valence-electron chi connectivity index (χ0n) is 11.2. The van der Waals surface area contributed by atoms with Gasteiger partial charge >= 0.3 is 5.97 Å². The number of benzene rings is 1. The molecule has 0 amide bonds. The van der Waals surface area contributed by atoms with Gasteiger partial charge in [0.25, 0.3) is 0 Å². The monoisotopic (exact) mass is 263 g/mol. The average Bonchev–Trinajstić information content (AvgIpc) is 2.84. The van der Waals surface area contributed by atoms with E-state index in [1.807, 2.05) is 0 Å². The summed E-state index contributed by atoms with van der Waals surface area (Å²) in [5.41, 5.74) is 7.14. The van der Waals surface area contributed by atoms with Crippen molar-refractivity contribution in [1.82, 2.24) is 4.90 Å². The molecule has 1 fully saturated rings. The van der Waals surface area contributed by atoms with E-state index in [1.165, 1.54) is 6.42 Å². The smallest absolute Gasteiger partial charge is 0.337 e. The van der Waals surface area contributed by atoms with Crippen molar-refractivity contribution < 1.29 is 9.90 Å². The Bertz CT molecular complexity index is 462. The van der Waals surface area contributed by atoms with Crippen LogP contribution in [0, 0.1) is 0 Å². The first kappa shape index (κ1) is 13.7. The van der Waals surface area contributed by atoms with Crippen molar-refractivity contribution in [2.24, 2.45) is 0 Å². The number of nitrogens with zero attached hydrogens (tertiary/aromatic N) is 1. The molecule has 1 unspecified atom stereocenters. The molecule has 1 saturated heterocycles. The van der Waals surface area contributed by atoms with Gasteiger partial charge < -0.3 is 16.2 Å². The van der Waals surface area contributed by atoms with Gasteiger partial charge in [-0.2, -0.15) is 0 Å². The zero-order valence-corrected chi connectivity index (χ0v) is 11.2. The molecule has 1 aliphatic rings. The van der Waals surface area contributed by atoms with Gasteiger partial charge in [0.15, 0.2) is 0 Å². The van der Waals surface area contributed by atoms with Crippen LogP contribution in [0.15, 0.2) is 18.2 Å². The van der Waals surface area contributed by atoms with Crippen molar-refractivity contribution in [3.8, 4) is 0 Å². The number of likely N-dealkylation sites (tertiary alicyclic amines) is 1. The van der Waals surface area contributed by atoms with Gasteiger partial charge in [-0.1, -0.05) is 13.0 Å². The highest BCUT2D eigenvalue weighted by Gasteiger charge is 2.23. The lowest BCUT2D eigenvalue weighted by Crippen LogP contribution is -2.35. The molecule has 1 aromatic carbocycles. The zero-order chi connectivity index (χ0) is 13.8. The predicted molar refractivity (Wildman–Crippen MR) is 76.6 cm³/mol. The normalized spacial score (nSPS) is 19.5. The maximum atomic E-state index is 11.2. The van der Waals surface area contributed by atoms with E-state index < -0.39 is 5.97 Å². The SMILES string of the molecule is CCN1CCCC1CNc1c(N)cccc1C(=O)O. The first-order valence-corrected chi connectivity index (χ1v) is 6.73. The Morgan fingerprint density at radius 1 is 1.58 bits per heavy atom. The summed E-state index contributed by atoms with van der Waals surface area (Å²) in [6.45, 7) is 5.04. The Morgan fingerprint density at radius 2 is 2.37 bits per heavy atom. The Hall–Kier alpha value is -1.75. The van der Waals surface area contributed by atoms with Crippen LogP contribution in [0.1, 0.15) is 30.1 Å². The van der Waals surface area contributed by atoms with Crippen LogP contribution in [-0.4, -0.2) is 41.7 Å². The molecule has 0 radical (unpaired) electrons. The third kappa shape index (κ3) is 2.98. The number of likely N-dealkylation sites (N-methyl/N-ethyl adjacent to an activating group) is 1. The van der Waals surface area contributed by atoms with Gasteiger partial charge in [0.05, 0.1) is 16.9 Å². The Kier molecular flexibility index (Phi) is 4.27. The number of carboxylic acids is 1. The number of hydrogen-bond donors (Lipinski definition) is 3. The van der Waals surface area contributed by atoms with Crippen LogP contribution in [0.3, 0.4) is 0 Å². The average molecular weight is 263 g/mol. The summed E-state index contributed by atoms with van der Waals surface area (Å²) in [5.74, 6) is -0.950. The van der Waals surface area contributed by atoms with Crippen molar-refractivity contribution in [2.75, 3.05) is 30.7 Å². The molecule has 2 rings (SSSR count). The van der Waals surface area contributed by atoms with Crippen LogP contribution in [0.2, 0.25) is 0 Å². The van der Waals surface area contributed by atoms with Crippen molar-refractivity contribution in [1.29, 1.82) is 0 Å². The molecule has 0 spiro atoms. The standard InChI is InChI=1S/C14H21N3O2/c1-2-17-8-4-5-10(17)9-16-13-11(14(18)19)6-3-7-12(13)15/h3,6-7,10,16H,2,4-5,8-9,15H2,1H3,(H,18,19). The van der Waals surface area contributed by atoms with E-state index in [-0.39, 0.29) is 5.56 Å². The maximum absolute atomic E-state index is 11.2. The summed E-state index contributed by atoms with van der Waals surface area (Å²) >= 11 is 0. The van der Waals surface area contributed by atoms with E-state index >= 15 is 0 Å². The molecule has 5 heteroatoms. The third-order valence-corrected chi connectivity index (χ3v) is 3.75. The molecular formula is C14H21N3O2. The highest BCUT2D eigenvalue weighted by Crippen LogP contribution is 2.25. The molecule has 0 aromatic heterocycles. The van der Waals surface area contributed by atoms with Crippen LogP contribution in [0.25, 0.3) is 0 Å². The molecule has 1 heterocycles. The van der Waals surface area contributed by atoms with E-state index in [0.717, 1.165) is 26.1 Å². The number of carboxylic acid groups (broad SMARTS) is 1. The Labute approximate surface area is 113 Å². The summed E-state index contributed by atoms with van der Waals surface area (Å²) < 4.78 is 0. The second kappa shape index (κ2) is 5.93. The first-order chi connectivity index (χ1) is 9.13. The lowest BCUT2D eigenvalue weighted by atomic mass is 10.1. The van der Waals surface area contributed by atoms with Gasteiger partial charge in [0, 0.05) is 12.6 Å². The minimum Gasteiger partial charge on any atom is -0.478 e. The number of nitrogens with one attached hydrogen (secondary N) is 1.